The highest BCUT2D eigenvalue weighted by Gasteiger charge is 2.33. The van der Waals surface area contributed by atoms with E-state index in [2.05, 4.69) is 4.99 Å². The number of benzene rings is 2. The summed E-state index contributed by atoms with van der Waals surface area (Å²) in [5, 5.41) is 1.64. The number of para-hydroxylation sites is 1. The van der Waals surface area contributed by atoms with Gasteiger partial charge in [0.25, 0.3) is 5.56 Å². The highest BCUT2D eigenvalue weighted by molar-refractivity contribution is 7.07. The lowest BCUT2D eigenvalue weighted by atomic mass is 9.96. The van der Waals surface area contributed by atoms with Crippen molar-refractivity contribution in [1.82, 2.24) is 9.13 Å². The minimum absolute atomic E-state index is 0.203. The van der Waals surface area contributed by atoms with Crippen LogP contribution in [0.15, 0.2) is 75.8 Å². The molecule has 1 atom stereocenters. The molecule has 172 valence electrons. The fraction of sp³-hybridized carbons (Fsp3) is 0.192. The molecule has 0 aliphatic carbocycles. The van der Waals surface area contributed by atoms with Crippen LogP contribution in [0.4, 0.5) is 0 Å². The summed E-state index contributed by atoms with van der Waals surface area (Å²) < 4.78 is 9.51. The maximum atomic E-state index is 13.7. The van der Waals surface area contributed by atoms with Gasteiger partial charge in [0.05, 0.1) is 28.5 Å². The van der Waals surface area contributed by atoms with Gasteiger partial charge < -0.3 is 9.30 Å². The molecule has 0 saturated carbocycles. The largest absolute Gasteiger partial charge is 0.463 e. The van der Waals surface area contributed by atoms with E-state index in [9.17, 15) is 9.59 Å². The Morgan fingerprint density at radius 1 is 1.21 bits per heavy atom. The van der Waals surface area contributed by atoms with E-state index in [1.165, 1.54) is 11.3 Å². The quantitative estimate of drug-likeness (QED) is 0.406. The van der Waals surface area contributed by atoms with Gasteiger partial charge in [0.15, 0.2) is 4.80 Å². The Morgan fingerprint density at radius 3 is 2.68 bits per heavy atom. The zero-order chi connectivity index (χ0) is 24.0. The first-order chi connectivity index (χ1) is 16.4. The van der Waals surface area contributed by atoms with Gasteiger partial charge in [-0.05, 0) is 43.7 Å². The number of thiazole rings is 1. The topological polar surface area (TPSA) is 65.6 Å². The maximum Gasteiger partial charge on any atom is 0.338 e. The second kappa shape index (κ2) is 8.74. The number of nitrogens with zero attached hydrogens (tertiary/aromatic N) is 3. The van der Waals surface area contributed by atoms with Crippen molar-refractivity contribution >= 4 is 45.9 Å². The Labute approximate surface area is 204 Å². The lowest BCUT2D eigenvalue weighted by Crippen LogP contribution is -2.39. The second-order valence-corrected chi connectivity index (χ2v) is 9.51. The normalized spacial score (nSPS) is 16.0. The lowest BCUT2D eigenvalue weighted by Gasteiger charge is -2.24. The number of hydrogen-bond donors (Lipinski definition) is 0. The number of hydrogen-bond acceptors (Lipinski definition) is 5. The molecular formula is C26H22ClN3O3S. The maximum absolute atomic E-state index is 13.7. The van der Waals surface area contributed by atoms with Crippen molar-refractivity contribution in [2.75, 3.05) is 6.61 Å². The molecule has 2 aromatic heterocycles. The van der Waals surface area contributed by atoms with E-state index in [-0.39, 0.29) is 12.2 Å². The average molecular weight is 492 g/mol. The number of aryl methyl sites for hydroxylation is 1. The zero-order valence-corrected chi connectivity index (χ0v) is 20.5. The van der Waals surface area contributed by atoms with Crippen LogP contribution >= 0.6 is 22.9 Å². The second-order valence-electron chi connectivity index (χ2n) is 8.07. The standard InChI is InChI=1S/C26H22ClN3O3S/c1-4-33-25(32)22-15(2)28-26-30(23(22)16-9-11-18(27)12-10-16)24(31)21(34-26)13-17-14-29(3)20-8-6-5-7-19(17)20/h5-14,23H,4H2,1-3H3/t23-/m1/s1. The van der Waals surface area contributed by atoms with Gasteiger partial charge in [0, 0.05) is 34.7 Å². The lowest BCUT2D eigenvalue weighted by molar-refractivity contribution is -0.139. The summed E-state index contributed by atoms with van der Waals surface area (Å²) in [5.74, 6) is -0.480. The number of halogens is 1. The predicted octanol–water partition coefficient (Wildman–Crippen LogP) is 3.94. The molecule has 0 unspecified atom stereocenters. The number of carbonyl (C=O) groups excluding carboxylic acids is 1. The summed E-state index contributed by atoms with van der Waals surface area (Å²) >= 11 is 7.42. The van der Waals surface area contributed by atoms with Crippen molar-refractivity contribution in [2.45, 2.75) is 19.9 Å². The first-order valence-electron chi connectivity index (χ1n) is 10.9. The van der Waals surface area contributed by atoms with Gasteiger partial charge in [-0.15, -0.1) is 0 Å². The molecule has 0 radical (unpaired) electrons. The van der Waals surface area contributed by atoms with Crippen molar-refractivity contribution in [3.8, 4) is 0 Å². The molecule has 6 nitrogen and oxygen atoms in total. The number of carbonyl (C=O) groups is 1. The first kappa shape index (κ1) is 22.4. The number of ether oxygens (including phenoxy) is 1. The number of fused-ring (bicyclic) bond motifs is 2. The smallest absolute Gasteiger partial charge is 0.338 e. The van der Waals surface area contributed by atoms with Gasteiger partial charge in [0.1, 0.15) is 0 Å². The zero-order valence-electron chi connectivity index (χ0n) is 18.9. The summed E-state index contributed by atoms with van der Waals surface area (Å²) in [7, 11) is 1.98. The summed E-state index contributed by atoms with van der Waals surface area (Å²) in [6.45, 7) is 3.76. The molecule has 2 aromatic carbocycles. The van der Waals surface area contributed by atoms with Gasteiger partial charge in [-0.3, -0.25) is 9.36 Å². The van der Waals surface area contributed by atoms with Gasteiger partial charge in [-0.1, -0.05) is 53.3 Å². The van der Waals surface area contributed by atoms with E-state index in [1.54, 1.807) is 30.5 Å². The van der Waals surface area contributed by atoms with Crippen LogP contribution in [0.2, 0.25) is 5.02 Å². The SMILES string of the molecule is CCOC(=O)C1=C(C)N=c2sc(=Cc3cn(C)c4ccccc34)c(=O)n2[C@@H]1c1ccc(Cl)cc1. The van der Waals surface area contributed by atoms with E-state index >= 15 is 0 Å². The van der Waals surface area contributed by atoms with Crippen LogP contribution in [0.25, 0.3) is 17.0 Å². The molecule has 5 rings (SSSR count). The van der Waals surface area contributed by atoms with Crippen LogP contribution in [-0.2, 0) is 16.6 Å². The van der Waals surface area contributed by atoms with Gasteiger partial charge in [-0.25, -0.2) is 9.79 Å². The van der Waals surface area contributed by atoms with Gasteiger partial charge in [-0.2, -0.15) is 0 Å². The molecule has 0 bridgehead atoms. The Kier molecular flexibility index (Phi) is 5.75. The van der Waals surface area contributed by atoms with E-state index < -0.39 is 12.0 Å². The summed E-state index contributed by atoms with van der Waals surface area (Å²) in [5.41, 5.74) is 3.49. The molecule has 0 fully saturated rings. The van der Waals surface area contributed by atoms with Crippen LogP contribution in [0.1, 0.15) is 31.0 Å². The molecule has 0 N–H and O–H groups in total. The molecule has 3 heterocycles. The summed E-state index contributed by atoms with van der Waals surface area (Å²) in [6, 6.07) is 14.6. The molecule has 0 spiro atoms. The Hall–Kier alpha value is -3.42. The fourth-order valence-electron chi connectivity index (χ4n) is 4.38. The highest BCUT2D eigenvalue weighted by Crippen LogP contribution is 2.31. The highest BCUT2D eigenvalue weighted by atomic mass is 35.5. The number of esters is 1. The van der Waals surface area contributed by atoms with Crippen LogP contribution in [0, 0.1) is 0 Å². The summed E-state index contributed by atoms with van der Waals surface area (Å²) in [6.07, 6.45) is 3.91. The van der Waals surface area contributed by atoms with E-state index in [0.29, 0.717) is 25.6 Å². The predicted molar refractivity (Wildman–Crippen MR) is 135 cm³/mol. The van der Waals surface area contributed by atoms with E-state index in [0.717, 1.165) is 22.0 Å². The van der Waals surface area contributed by atoms with Crippen molar-refractivity contribution in [2.24, 2.45) is 12.0 Å². The third-order valence-corrected chi connectivity index (χ3v) is 7.15. The molecule has 1 aliphatic heterocycles. The Morgan fingerprint density at radius 2 is 1.94 bits per heavy atom. The first-order valence-corrected chi connectivity index (χ1v) is 12.1. The molecule has 1 aliphatic rings. The third kappa shape index (κ3) is 3.71. The molecule has 8 heteroatoms. The van der Waals surface area contributed by atoms with Crippen LogP contribution in [0.3, 0.4) is 0 Å². The molecule has 0 amide bonds. The van der Waals surface area contributed by atoms with Crippen molar-refractivity contribution in [3.63, 3.8) is 0 Å². The fourth-order valence-corrected chi connectivity index (χ4v) is 5.54. The van der Waals surface area contributed by atoms with Crippen molar-refractivity contribution in [3.05, 3.63) is 102 Å². The third-order valence-electron chi connectivity index (χ3n) is 5.92. The molecule has 4 aromatic rings. The molecular weight excluding hydrogens is 470 g/mol. The van der Waals surface area contributed by atoms with Crippen molar-refractivity contribution in [1.29, 1.82) is 0 Å². The molecule has 0 saturated heterocycles. The Bertz CT molecular complexity index is 1640. The van der Waals surface area contributed by atoms with Crippen LogP contribution < -0.4 is 14.9 Å². The Balaban J connectivity index is 1.75. The minimum Gasteiger partial charge on any atom is -0.463 e. The molecule has 34 heavy (non-hydrogen) atoms. The van der Waals surface area contributed by atoms with Gasteiger partial charge in [0.2, 0.25) is 0 Å². The van der Waals surface area contributed by atoms with Crippen LogP contribution in [0.5, 0.6) is 0 Å². The number of rotatable bonds is 4. The monoisotopic (exact) mass is 491 g/mol. The van der Waals surface area contributed by atoms with Gasteiger partial charge >= 0.3 is 5.97 Å². The van der Waals surface area contributed by atoms with Crippen LogP contribution in [-0.4, -0.2) is 21.7 Å². The van der Waals surface area contributed by atoms with E-state index in [1.807, 2.05) is 60.3 Å². The van der Waals surface area contributed by atoms with Crippen molar-refractivity contribution < 1.29 is 9.53 Å². The average Bonchev–Trinajstić information content (AvgIpc) is 3.30. The summed E-state index contributed by atoms with van der Waals surface area (Å²) in [4.78, 5) is 31.8. The minimum atomic E-state index is -0.651. The van der Waals surface area contributed by atoms with E-state index in [4.69, 9.17) is 16.3 Å². The number of aromatic nitrogens is 2. The number of allylic oxidation sites excluding steroid dienone is 1.